The van der Waals surface area contributed by atoms with Crippen LogP contribution in [0.2, 0.25) is 0 Å². The van der Waals surface area contributed by atoms with Crippen molar-refractivity contribution in [1.29, 1.82) is 0 Å². The Morgan fingerprint density at radius 3 is 2.74 bits per heavy atom. The summed E-state index contributed by atoms with van der Waals surface area (Å²) in [5, 5.41) is 0. The van der Waals surface area contributed by atoms with E-state index in [0.717, 1.165) is 40.6 Å². The predicted molar refractivity (Wildman–Crippen MR) is 111 cm³/mol. The van der Waals surface area contributed by atoms with Gasteiger partial charge in [0.25, 0.3) is 0 Å². The Morgan fingerprint density at radius 1 is 1.22 bits per heavy atom. The molecule has 1 saturated heterocycles. The third-order valence-electron chi connectivity index (χ3n) is 5.05. The van der Waals surface area contributed by atoms with E-state index in [1.54, 1.807) is 6.33 Å². The largest absolute Gasteiger partial charge is 0.491 e. The second-order valence-corrected chi connectivity index (χ2v) is 7.52. The maximum Gasteiger partial charge on any atom is 0.132 e. The van der Waals surface area contributed by atoms with Crippen molar-refractivity contribution in [2.45, 2.75) is 59.1 Å². The van der Waals surface area contributed by atoms with Crippen molar-refractivity contribution in [3.63, 3.8) is 0 Å². The lowest BCUT2D eigenvalue weighted by molar-refractivity contribution is 0.242. The number of nitrogens with zero attached hydrogens (tertiary/aromatic N) is 4. The molecule has 0 spiro atoms. The molecule has 5 nitrogen and oxygen atoms in total. The smallest absolute Gasteiger partial charge is 0.132 e. The fourth-order valence-corrected chi connectivity index (χ4v) is 3.65. The van der Waals surface area contributed by atoms with Crippen molar-refractivity contribution in [3.05, 3.63) is 47.4 Å². The van der Waals surface area contributed by atoms with Gasteiger partial charge in [-0.05, 0) is 64.7 Å². The topological polar surface area (TPSA) is 50.6 Å². The summed E-state index contributed by atoms with van der Waals surface area (Å²) in [4.78, 5) is 16.0. The summed E-state index contributed by atoms with van der Waals surface area (Å²) in [6, 6.07) is 8.72. The molecule has 1 aliphatic rings. The van der Waals surface area contributed by atoms with Crippen LogP contribution in [0.25, 0.3) is 0 Å². The highest BCUT2D eigenvalue weighted by Crippen LogP contribution is 2.25. The number of hydrogen-bond donors (Lipinski definition) is 0. The van der Waals surface area contributed by atoms with Gasteiger partial charge >= 0.3 is 0 Å². The minimum absolute atomic E-state index is 0.133. The molecule has 0 aliphatic carbocycles. The highest BCUT2D eigenvalue weighted by molar-refractivity contribution is 6.13. The van der Waals surface area contributed by atoms with Gasteiger partial charge in [-0.1, -0.05) is 6.07 Å². The van der Waals surface area contributed by atoms with E-state index in [9.17, 15) is 0 Å². The third-order valence-corrected chi connectivity index (χ3v) is 5.05. The van der Waals surface area contributed by atoms with Gasteiger partial charge in [-0.2, -0.15) is 0 Å². The molecule has 2 heterocycles. The van der Waals surface area contributed by atoms with Gasteiger partial charge in [0.2, 0.25) is 0 Å². The Labute approximate surface area is 162 Å². The second kappa shape index (κ2) is 8.51. The van der Waals surface area contributed by atoms with E-state index in [1.165, 1.54) is 19.3 Å². The summed E-state index contributed by atoms with van der Waals surface area (Å²) in [5.41, 5.74) is 3.92. The number of aryl methyl sites for hydroxylation is 1. The first-order valence-electron chi connectivity index (χ1n) is 9.83. The van der Waals surface area contributed by atoms with Crippen LogP contribution in [0.5, 0.6) is 5.75 Å². The van der Waals surface area contributed by atoms with Crippen LogP contribution in [0.1, 0.15) is 56.9 Å². The zero-order valence-electron chi connectivity index (χ0n) is 17.1. The van der Waals surface area contributed by atoms with Gasteiger partial charge in [0, 0.05) is 31.3 Å². The molecule has 27 heavy (non-hydrogen) atoms. The highest BCUT2D eigenvalue weighted by atomic mass is 16.5. The van der Waals surface area contributed by atoms with Gasteiger partial charge in [0.15, 0.2) is 0 Å². The van der Waals surface area contributed by atoms with Crippen LogP contribution in [0.3, 0.4) is 0 Å². The molecule has 144 valence electrons. The monoisotopic (exact) mass is 366 g/mol. The molecule has 1 unspecified atom stereocenters. The summed E-state index contributed by atoms with van der Waals surface area (Å²) >= 11 is 0. The average Bonchev–Trinajstić information content (AvgIpc) is 2.65. The molecule has 0 amide bonds. The van der Waals surface area contributed by atoms with E-state index in [0.29, 0.717) is 6.04 Å². The first-order chi connectivity index (χ1) is 13.0. The Morgan fingerprint density at radius 2 is 2.04 bits per heavy atom. The molecule has 5 heteroatoms. The number of rotatable bonds is 5. The van der Waals surface area contributed by atoms with Gasteiger partial charge < -0.3 is 9.64 Å². The zero-order chi connectivity index (χ0) is 19.4. The number of hydrogen-bond acceptors (Lipinski definition) is 5. The van der Waals surface area contributed by atoms with Gasteiger partial charge in [-0.3, -0.25) is 4.99 Å². The number of anilines is 1. The van der Waals surface area contributed by atoms with Gasteiger partial charge in [-0.15, -0.1) is 0 Å². The van der Waals surface area contributed by atoms with Crippen LogP contribution in [0, 0.1) is 6.92 Å². The zero-order valence-corrected chi connectivity index (χ0v) is 17.1. The van der Waals surface area contributed by atoms with Gasteiger partial charge in [0.05, 0.1) is 17.5 Å². The lowest BCUT2D eigenvalue weighted by atomic mass is 10.0. The lowest BCUT2D eigenvalue weighted by Crippen LogP contribution is -2.38. The van der Waals surface area contributed by atoms with E-state index in [-0.39, 0.29) is 6.10 Å². The molecule has 1 aromatic carbocycles. The maximum absolute atomic E-state index is 5.88. The molecule has 2 aromatic rings. The molecule has 1 aromatic heterocycles. The van der Waals surface area contributed by atoms with Gasteiger partial charge in [0.1, 0.15) is 17.9 Å². The summed E-state index contributed by atoms with van der Waals surface area (Å²) in [6.45, 7) is 9.48. The predicted octanol–water partition coefficient (Wildman–Crippen LogP) is 4.42. The minimum Gasteiger partial charge on any atom is -0.491 e. The van der Waals surface area contributed by atoms with E-state index >= 15 is 0 Å². The normalized spacial score (nSPS) is 18.1. The molecular formula is C22H30N4O. The van der Waals surface area contributed by atoms with Crippen LogP contribution in [0.15, 0.2) is 35.6 Å². The Hall–Kier alpha value is -2.43. The summed E-state index contributed by atoms with van der Waals surface area (Å²) in [6.07, 6.45) is 5.50. The summed E-state index contributed by atoms with van der Waals surface area (Å²) in [5.74, 6) is 1.84. The fraction of sp³-hybridized carbons (Fsp3) is 0.500. The van der Waals surface area contributed by atoms with Crippen molar-refractivity contribution in [2.75, 3.05) is 18.5 Å². The molecule has 1 aliphatic heterocycles. The van der Waals surface area contributed by atoms with E-state index in [4.69, 9.17) is 4.74 Å². The number of piperidine rings is 1. The fourth-order valence-electron chi connectivity index (χ4n) is 3.65. The lowest BCUT2D eigenvalue weighted by Gasteiger charge is -2.34. The standard InChI is InChI=1S/C22H30N4O/c1-15(2)27-18-10-9-16(3)19(12-18)22(23-5)20-13-21(25-14-24-20)26-11-7-6-8-17(26)4/h9-10,12-15,17H,6-8,11H2,1-5H3/b23-22+. The molecular weight excluding hydrogens is 336 g/mol. The summed E-state index contributed by atoms with van der Waals surface area (Å²) < 4.78 is 5.88. The Kier molecular flexibility index (Phi) is 6.09. The molecule has 1 atom stereocenters. The van der Waals surface area contributed by atoms with Crippen LogP contribution in [-0.4, -0.2) is 41.4 Å². The minimum atomic E-state index is 0.133. The van der Waals surface area contributed by atoms with E-state index < -0.39 is 0 Å². The molecule has 3 rings (SSSR count). The van der Waals surface area contributed by atoms with E-state index in [2.05, 4.69) is 51.9 Å². The van der Waals surface area contributed by atoms with Crippen molar-refractivity contribution in [1.82, 2.24) is 9.97 Å². The number of aromatic nitrogens is 2. The molecule has 0 N–H and O–H groups in total. The van der Waals surface area contributed by atoms with Gasteiger partial charge in [-0.25, -0.2) is 9.97 Å². The molecule has 0 saturated carbocycles. The SMILES string of the molecule is C/N=C(/c1cc(N2CCCCC2C)ncn1)c1cc(OC(C)C)ccc1C. The average molecular weight is 367 g/mol. The van der Waals surface area contributed by atoms with Crippen LogP contribution in [0.4, 0.5) is 5.82 Å². The number of aliphatic imine (C=N–C) groups is 1. The van der Waals surface area contributed by atoms with Crippen LogP contribution < -0.4 is 9.64 Å². The third kappa shape index (κ3) is 4.46. The van der Waals surface area contributed by atoms with Crippen LogP contribution >= 0.6 is 0 Å². The van der Waals surface area contributed by atoms with Crippen molar-refractivity contribution >= 4 is 11.5 Å². The number of benzene rings is 1. The molecule has 0 radical (unpaired) electrons. The van der Waals surface area contributed by atoms with Crippen molar-refractivity contribution in [3.8, 4) is 5.75 Å². The molecule has 1 fully saturated rings. The maximum atomic E-state index is 5.88. The Bertz CT molecular complexity index is 816. The summed E-state index contributed by atoms with van der Waals surface area (Å²) in [7, 11) is 1.82. The first kappa shape index (κ1) is 19.3. The number of ether oxygens (including phenoxy) is 1. The van der Waals surface area contributed by atoms with Crippen molar-refractivity contribution < 1.29 is 4.74 Å². The van der Waals surface area contributed by atoms with Crippen LogP contribution in [-0.2, 0) is 0 Å². The molecule has 0 bridgehead atoms. The quantitative estimate of drug-likeness (QED) is 0.735. The Balaban J connectivity index is 1.96. The van der Waals surface area contributed by atoms with Crippen molar-refractivity contribution in [2.24, 2.45) is 4.99 Å². The second-order valence-electron chi connectivity index (χ2n) is 7.52. The first-order valence-corrected chi connectivity index (χ1v) is 9.83. The van der Waals surface area contributed by atoms with E-state index in [1.807, 2.05) is 27.0 Å². The highest BCUT2D eigenvalue weighted by Gasteiger charge is 2.21.